The number of amides is 2. The summed E-state index contributed by atoms with van der Waals surface area (Å²) in [6, 6.07) is 14.5. The first-order valence-corrected chi connectivity index (χ1v) is 9.91. The molecule has 1 aliphatic heterocycles. The van der Waals surface area contributed by atoms with Crippen molar-refractivity contribution in [1.82, 2.24) is 4.90 Å². The van der Waals surface area contributed by atoms with Crippen LogP contribution < -0.4 is 0 Å². The molecule has 1 saturated carbocycles. The second-order valence-corrected chi connectivity index (χ2v) is 7.63. The number of nitrogens with zero attached hydrogens (tertiary/aromatic N) is 1. The lowest BCUT2D eigenvalue weighted by Gasteiger charge is -2.28. The lowest BCUT2D eigenvalue weighted by atomic mass is 9.84. The highest BCUT2D eigenvalue weighted by molar-refractivity contribution is 6.08. The van der Waals surface area contributed by atoms with Crippen molar-refractivity contribution in [2.24, 2.45) is 0 Å². The zero-order valence-electron chi connectivity index (χ0n) is 16.1. The molecular weight excluding hydrogens is 370 g/mol. The van der Waals surface area contributed by atoms with Crippen molar-refractivity contribution in [1.29, 1.82) is 0 Å². The van der Waals surface area contributed by atoms with E-state index in [9.17, 15) is 19.5 Å². The molecule has 1 saturated heterocycles. The Labute approximate surface area is 169 Å². The molecule has 2 aliphatic rings. The molecule has 0 atom stereocenters. The van der Waals surface area contributed by atoms with Crippen molar-refractivity contribution < 1.29 is 24.2 Å². The minimum Gasteiger partial charge on any atom is -0.432 e. The van der Waals surface area contributed by atoms with Crippen molar-refractivity contribution in [3.63, 3.8) is 0 Å². The second-order valence-electron chi connectivity index (χ2n) is 7.63. The Morgan fingerprint density at radius 1 is 1.00 bits per heavy atom. The number of carbonyl (C=O) groups is 3. The van der Waals surface area contributed by atoms with E-state index in [2.05, 4.69) is 0 Å². The van der Waals surface area contributed by atoms with Crippen molar-refractivity contribution >= 4 is 17.8 Å². The van der Waals surface area contributed by atoms with Crippen LogP contribution in [-0.2, 0) is 16.1 Å². The molecule has 2 aromatic rings. The first-order valence-electron chi connectivity index (χ1n) is 9.91. The summed E-state index contributed by atoms with van der Waals surface area (Å²) in [5, 5.41) is 9.50. The fraction of sp³-hybridized carbons (Fsp3) is 0.348. The van der Waals surface area contributed by atoms with E-state index >= 15 is 0 Å². The Balaban J connectivity index is 1.49. The summed E-state index contributed by atoms with van der Waals surface area (Å²) in [7, 11) is 0. The molecule has 0 unspecified atom stereocenters. The minimum atomic E-state index is -1.06. The molecular formula is C23H23NO5. The number of imide groups is 1. The third-order valence-corrected chi connectivity index (χ3v) is 5.81. The molecule has 2 amide bonds. The molecule has 1 N–H and O–H groups in total. The van der Waals surface area contributed by atoms with Crippen LogP contribution in [0.25, 0.3) is 11.1 Å². The minimum absolute atomic E-state index is 0.0716. The Morgan fingerprint density at radius 3 is 2.38 bits per heavy atom. The van der Waals surface area contributed by atoms with E-state index < -0.39 is 11.7 Å². The van der Waals surface area contributed by atoms with Gasteiger partial charge in [-0.1, -0.05) is 55.0 Å². The third kappa shape index (κ3) is 3.56. The van der Waals surface area contributed by atoms with Crippen LogP contribution in [0.1, 0.15) is 48.0 Å². The number of hydrogen-bond acceptors (Lipinski definition) is 5. The molecule has 1 aliphatic carbocycles. The third-order valence-electron chi connectivity index (χ3n) is 5.81. The van der Waals surface area contributed by atoms with Crippen LogP contribution in [0, 0.1) is 0 Å². The fourth-order valence-electron chi connectivity index (χ4n) is 4.18. The first-order chi connectivity index (χ1) is 14.0. The van der Waals surface area contributed by atoms with Gasteiger partial charge in [0.25, 0.3) is 5.91 Å². The summed E-state index contributed by atoms with van der Waals surface area (Å²) in [5.74, 6) is -0.700. The van der Waals surface area contributed by atoms with Gasteiger partial charge in [0.15, 0.2) is 11.4 Å². The summed E-state index contributed by atoms with van der Waals surface area (Å²) in [5.41, 5.74) is 1.93. The van der Waals surface area contributed by atoms with Crippen LogP contribution in [0.4, 0.5) is 4.79 Å². The van der Waals surface area contributed by atoms with Gasteiger partial charge >= 0.3 is 6.09 Å². The normalized spacial score (nSPS) is 18.2. The summed E-state index contributed by atoms with van der Waals surface area (Å²) in [6.07, 6.45) is 3.05. The van der Waals surface area contributed by atoms with Crippen LogP contribution in [0.15, 0.2) is 48.5 Å². The zero-order valence-corrected chi connectivity index (χ0v) is 16.1. The first kappa shape index (κ1) is 19.3. The number of benzene rings is 2. The van der Waals surface area contributed by atoms with E-state index in [1.54, 1.807) is 24.3 Å². The van der Waals surface area contributed by atoms with Crippen molar-refractivity contribution in [2.45, 2.75) is 44.3 Å². The van der Waals surface area contributed by atoms with Crippen LogP contribution >= 0.6 is 0 Å². The Bertz CT molecular complexity index is 944. The summed E-state index contributed by atoms with van der Waals surface area (Å²) < 4.78 is 5.42. The lowest BCUT2D eigenvalue weighted by molar-refractivity contribution is -0.139. The number of aliphatic hydroxyl groups is 1. The van der Waals surface area contributed by atoms with E-state index in [4.69, 9.17) is 4.74 Å². The van der Waals surface area contributed by atoms with Crippen LogP contribution in [0.2, 0.25) is 0 Å². The van der Waals surface area contributed by atoms with Crippen molar-refractivity contribution in [3.8, 4) is 11.1 Å². The molecule has 2 aromatic carbocycles. The molecule has 2 fully saturated rings. The highest BCUT2D eigenvalue weighted by Gasteiger charge is 2.54. The van der Waals surface area contributed by atoms with E-state index in [1.165, 1.54) is 0 Å². The lowest BCUT2D eigenvalue weighted by Crippen LogP contribution is -2.43. The summed E-state index contributed by atoms with van der Waals surface area (Å²) in [6.45, 7) is -0.385. The molecule has 29 heavy (non-hydrogen) atoms. The molecule has 150 valence electrons. The Morgan fingerprint density at radius 2 is 1.69 bits per heavy atom. The van der Waals surface area contributed by atoms with E-state index in [0.29, 0.717) is 18.4 Å². The SMILES string of the molecule is O=C(CN1C(=O)OC2(CCCCC2)C1=O)c1ccc(-c2ccccc2CO)cc1. The van der Waals surface area contributed by atoms with Gasteiger partial charge in [-0.15, -0.1) is 0 Å². The second kappa shape index (κ2) is 7.79. The summed E-state index contributed by atoms with van der Waals surface area (Å²) >= 11 is 0. The topological polar surface area (TPSA) is 83.9 Å². The van der Waals surface area contributed by atoms with Gasteiger partial charge in [0.2, 0.25) is 0 Å². The van der Waals surface area contributed by atoms with Gasteiger partial charge in [-0.3, -0.25) is 9.59 Å². The molecule has 1 spiro atoms. The number of carbonyl (C=O) groups excluding carboxylic acids is 3. The van der Waals surface area contributed by atoms with Gasteiger partial charge in [-0.05, 0) is 42.4 Å². The number of aliphatic hydroxyl groups excluding tert-OH is 1. The van der Waals surface area contributed by atoms with Gasteiger partial charge < -0.3 is 9.84 Å². The fourth-order valence-corrected chi connectivity index (χ4v) is 4.18. The maximum Gasteiger partial charge on any atom is 0.418 e. The van der Waals surface area contributed by atoms with Gasteiger partial charge in [-0.25, -0.2) is 9.69 Å². The molecule has 6 nitrogen and oxygen atoms in total. The molecule has 0 bridgehead atoms. The van der Waals surface area contributed by atoms with Crippen LogP contribution in [-0.4, -0.2) is 39.9 Å². The maximum atomic E-state index is 12.8. The van der Waals surface area contributed by atoms with E-state index in [-0.39, 0.29) is 24.8 Å². The molecule has 4 rings (SSSR count). The molecule has 1 heterocycles. The zero-order chi connectivity index (χ0) is 20.4. The molecule has 0 aromatic heterocycles. The monoisotopic (exact) mass is 393 g/mol. The molecule has 0 radical (unpaired) electrons. The molecule has 6 heteroatoms. The van der Waals surface area contributed by atoms with Crippen molar-refractivity contribution in [3.05, 3.63) is 59.7 Å². The number of ketones is 1. The van der Waals surface area contributed by atoms with E-state index in [1.807, 2.05) is 24.3 Å². The van der Waals surface area contributed by atoms with Gasteiger partial charge in [0.1, 0.15) is 0 Å². The average Bonchev–Trinajstić information content (AvgIpc) is 2.98. The predicted octanol–water partition coefficient (Wildman–Crippen LogP) is 3.71. The smallest absolute Gasteiger partial charge is 0.418 e. The van der Waals surface area contributed by atoms with Gasteiger partial charge in [0, 0.05) is 5.56 Å². The van der Waals surface area contributed by atoms with E-state index in [0.717, 1.165) is 40.9 Å². The summed E-state index contributed by atoms with van der Waals surface area (Å²) in [4.78, 5) is 38.7. The average molecular weight is 393 g/mol. The maximum absolute atomic E-state index is 12.8. The number of Topliss-reactive ketones (excluding diaryl/α,β-unsaturated/α-hetero) is 1. The van der Waals surface area contributed by atoms with Gasteiger partial charge in [0.05, 0.1) is 13.2 Å². The van der Waals surface area contributed by atoms with Crippen LogP contribution in [0.5, 0.6) is 0 Å². The van der Waals surface area contributed by atoms with Gasteiger partial charge in [-0.2, -0.15) is 0 Å². The predicted molar refractivity (Wildman–Crippen MR) is 106 cm³/mol. The quantitative estimate of drug-likeness (QED) is 0.783. The highest BCUT2D eigenvalue weighted by Crippen LogP contribution is 2.38. The Kier molecular flexibility index (Phi) is 5.20. The highest BCUT2D eigenvalue weighted by atomic mass is 16.6. The Hall–Kier alpha value is -2.99. The van der Waals surface area contributed by atoms with Crippen molar-refractivity contribution in [2.75, 3.05) is 6.54 Å². The standard InChI is InChI=1S/C23H23NO5/c25-15-18-6-2-3-7-19(18)16-8-10-17(11-9-16)20(26)14-24-21(27)23(29-22(24)28)12-4-1-5-13-23/h2-3,6-11,25H,1,4-5,12-15H2. The van der Waals surface area contributed by atoms with Crippen LogP contribution in [0.3, 0.4) is 0 Å². The number of hydrogen-bond donors (Lipinski definition) is 1. The number of ether oxygens (including phenoxy) is 1. The number of rotatable bonds is 5. The largest absolute Gasteiger partial charge is 0.432 e.